The molecule has 148 valence electrons. The lowest BCUT2D eigenvalue weighted by Crippen LogP contribution is -2.48. The fourth-order valence-electron chi connectivity index (χ4n) is 3.54. The lowest BCUT2D eigenvalue weighted by Gasteiger charge is -2.36. The molecule has 1 aromatic heterocycles. The Kier molecular flexibility index (Phi) is 6.26. The van der Waals surface area contributed by atoms with Crippen molar-refractivity contribution in [2.24, 2.45) is 5.73 Å². The van der Waals surface area contributed by atoms with Gasteiger partial charge in [-0.05, 0) is 37.6 Å². The number of ether oxygens (including phenoxy) is 1. The lowest BCUT2D eigenvalue weighted by molar-refractivity contribution is -0.144. The zero-order valence-corrected chi connectivity index (χ0v) is 16.4. The summed E-state index contributed by atoms with van der Waals surface area (Å²) in [4.78, 5) is 20.6. The van der Waals surface area contributed by atoms with Crippen LogP contribution in [0.3, 0.4) is 0 Å². The summed E-state index contributed by atoms with van der Waals surface area (Å²) in [7, 11) is 0. The first-order chi connectivity index (χ1) is 13.5. The minimum absolute atomic E-state index is 0.168. The lowest BCUT2D eigenvalue weighted by atomic mass is 10.0. The number of nitrogens with two attached hydrogens (primary N) is 1. The highest BCUT2D eigenvalue weighted by Gasteiger charge is 2.21. The largest absolute Gasteiger partial charge is 0.465 e. The van der Waals surface area contributed by atoms with Crippen molar-refractivity contribution in [1.29, 1.82) is 5.41 Å². The Morgan fingerprint density at radius 1 is 1.29 bits per heavy atom. The van der Waals surface area contributed by atoms with E-state index in [9.17, 15) is 4.79 Å². The normalized spacial score (nSPS) is 16.0. The molecule has 1 saturated heterocycles. The zero-order chi connectivity index (χ0) is 20.1. The fraction of sp³-hybridized carbons (Fsp3) is 0.381. The van der Waals surface area contributed by atoms with Crippen LogP contribution in [0.2, 0.25) is 0 Å². The molecule has 0 unspecified atom stereocenters. The van der Waals surface area contributed by atoms with Crippen LogP contribution < -0.4 is 10.6 Å². The average Bonchev–Trinajstić information content (AvgIpc) is 2.68. The number of benzene rings is 1. The number of hydrogen-bond donors (Lipinski definition) is 2. The van der Waals surface area contributed by atoms with Crippen molar-refractivity contribution < 1.29 is 9.53 Å². The molecule has 0 aliphatic carbocycles. The number of esters is 1. The number of nitrogens with one attached hydrogen (secondary N) is 1. The summed E-state index contributed by atoms with van der Waals surface area (Å²) in [6.45, 7) is 7.63. The van der Waals surface area contributed by atoms with Crippen LogP contribution in [0.15, 0.2) is 36.2 Å². The van der Waals surface area contributed by atoms with E-state index in [1.54, 1.807) is 6.92 Å². The number of fused-ring (bicyclic) bond motifs is 1. The van der Waals surface area contributed by atoms with E-state index in [-0.39, 0.29) is 5.97 Å². The van der Waals surface area contributed by atoms with Crippen LogP contribution in [0.5, 0.6) is 0 Å². The van der Waals surface area contributed by atoms with E-state index in [0.29, 0.717) is 18.8 Å². The Labute approximate surface area is 165 Å². The molecule has 7 nitrogen and oxygen atoms in total. The molecular formula is C21H27N5O2. The molecule has 0 bridgehead atoms. The molecule has 0 spiro atoms. The van der Waals surface area contributed by atoms with Crippen molar-refractivity contribution in [1.82, 2.24) is 9.88 Å². The van der Waals surface area contributed by atoms with Crippen LogP contribution in [0, 0.1) is 5.41 Å². The molecule has 0 amide bonds. The van der Waals surface area contributed by atoms with Crippen molar-refractivity contribution in [3.8, 4) is 0 Å². The third-order valence-electron chi connectivity index (χ3n) is 4.97. The first-order valence-electron chi connectivity index (χ1n) is 9.52. The predicted octanol–water partition coefficient (Wildman–Crippen LogP) is 2.26. The molecule has 3 N–H and O–H groups in total. The van der Waals surface area contributed by atoms with Gasteiger partial charge in [-0.2, -0.15) is 0 Å². The number of aromatic nitrogens is 1. The molecule has 28 heavy (non-hydrogen) atoms. The number of allylic oxidation sites excluding steroid dienone is 2. The minimum atomic E-state index is -0.168. The second-order valence-electron chi connectivity index (χ2n) is 6.87. The molecule has 0 atom stereocenters. The SMILES string of the molecule is CCOC(=O)CN1CCN(c2ccnc3ccc(C(C=N)=C(C)N)cc23)CC1. The predicted molar refractivity (Wildman–Crippen MR) is 113 cm³/mol. The summed E-state index contributed by atoms with van der Waals surface area (Å²) >= 11 is 0. The summed E-state index contributed by atoms with van der Waals surface area (Å²) in [5.74, 6) is -0.168. The monoisotopic (exact) mass is 381 g/mol. The summed E-state index contributed by atoms with van der Waals surface area (Å²) in [5, 5.41) is 8.70. The van der Waals surface area contributed by atoms with Gasteiger partial charge in [0, 0.05) is 60.9 Å². The molecule has 1 fully saturated rings. The van der Waals surface area contributed by atoms with Gasteiger partial charge in [-0.3, -0.25) is 14.7 Å². The van der Waals surface area contributed by atoms with Gasteiger partial charge in [0.15, 0.2) is 0 Å². The van der Waals surface area contributed by atoms with E-state index in [1.807, 2.05) is 31.3 Å². The number of pyridine rings is 1. The van der Waals surface area contributed by atoms with Gasteiger partial charge < -0.3 is 20.8 Å². The first kappa shape index (κ1) is 19.8. The Bertz CT molecular complexity index is 897. The fourth-order valence-corrected chi connectivity index (χ4v) is 3.54. The number of rotatable bonds is 6. The minimum Gasteiger partial charge on any atom is -0.465 e. The number of nitrogens with zero attached hydrogens (tertiary/aromatic N) is 3. The highest BCUT2D eigenvalue weighted by atomic mass is 16.5. The molecular weight excluding hydrogens is 354 g/mol. The van der Waals surface area contributed by atoms with E-state index in [4.69, 9.17) is 15.9 Å². The van der Waals surface area contributed by atoms with Crippen LogP contribution in [-0.2, 0) is 9.53 Å². The number of carbonyl (C=O) groups excluding carboxylic acids is 1. The van der Waals surface area contributed by atoms with Crippen LogP contribution in [0.1, 0.15) is 19.4 Å². The van der Waals surface area contributed by atoms with Gasteiger partial charge in [-0.1, -0.05) is 6.07 Å². The maximum absolute atomic E-state index is 11.7. The van der Waals surface area contributed by atoms with Crippen LogP contribution in [-0.4, -0.2) is 61.4 Å². The highest BCUT2D eigenvalue weighted by molar-refractivity contribution is 6.10. The maximum atomic E-state index is 11.7. The van der Waals surface area contributed by atoms with Gasteiger partial charge in [0.05, 0.1) is 18.7 Å². The quantitative estimate of drug-likeness (QED) is 0.589. The van der Waals surface area contributed by atoms with Gasteiger partial charge in [0.25, 0.3) is 0 Å². The van der Waals surface area contributed by atoms with E-state index >= 15 is 0 Å². The van der Waals surface area contributed by atoms with Gasteiger partial charge in [-0.25, -0.2) is 0 Å². The molecule has 1 aliphatic heterocycles. The standard InChI is InChI=1S/C21H27N5O2/c1-3-28-21(27)14-25-8-10-26(11-9-25)20-6-7-24-19-5-4-16(12-17(19)20)18(13-22)15(2)23/h4-7,12-13,22H,3,8-11,14,23H2,1-2H3. The van der Waals surface area contributed by atoms with Crippen molar-refractivity contribution in [3.05, 3.63) is 41.7 Å². The molecule has 2 aromatic rings. The van der Waals surface area contributed by atoms with Gasteiger partial charge in [0.1, 0.15) is 0 Å². The Balaban J connectivity index is 1.83. The summed E-state index contributed by atoms with van der Waals surface area (Å²) in [6, 6.07) is 8.00. The zero-order valence-electron chi connectivity index (χ0n) is 16.4. The second-order valence-corrected chi connectivity index (χ2v) is 6.87. The van der Waals surface area contributed by atoms with Crippen LogP contribution >= 0.6 is 0 Å². The van der Waals surface area contributed by atoms with Crippen molar-refractivity contribution in [2.75, 3.05) is 44.2 Å². The molecule has 0 radical (unpaired) electrons. The van der Waals surface area contributed by atoms with Gasteiger partial charge in [-0.15, -0.1) is 0 Å². The number of piperazine rings is 1. The molecule has 3 rings (SSSR count). The van der Waals surface area contributed by atoms with Crippen molar-refractivity contribution >= 4 is 34.3 Å². The third-order valence-corrected chi connectivity index (χ3v) is 4.97. The number of carbonyl (C=O) groups is 1. The number of hydrogen-bond acceptors (Lipinski definition) is 7. The van der Waals surface area contributed by atoms with Crippen LogP contribution in [0.25, 0.3) is 16.5 Å². The van der Waals surface area contributed by atoms with E-state index in [1.165, 1.54) is 6.21 Å². The van der Waals surface area contributed by atoms with Gasteiger partial charge >= 0.3 is 5.97 Å². The van der Waals surface area contributed by atoms with Crippen molar-refractivity contribution in [3.63, 3.8) is 0 Å². The third kappa shape index (κ3) is 4.31. The topological polar surface area (TPSA) is 95.5 Å². The van der Waals surface area contributed by atoms with E-state index in [0.717, 1.165) is 53.9 Å². The number of anilines is 1. The molecule has 1 aliphatic rings. The van der Waals surface area contributed by atoms with E-state index < -0.39 is 0 Å². The Morgan fingerprint density at radius 2 is 2.04 bits per heavy atom. The first-order valence-corrected chi connectivity index (χ1v) is 9.52. The van der Waals surface area contributed by atoms with Gasteiger partial charge in [0.2, 0.25) is 0 Å². The Morgan fingerprint density at radius 3 is 2.68 bits per heavy atom. The van der Waals surface area contributed by atoms with E-state index in [2.05, 4.69) is 20.9 Å². The molecule has 2 heterocycles. The van der Waals surface area contributed by atoms with Crippen LogP contribution in [0.4, 0.5) is 5.69 Å². The second kappa shape index (κ2) is 8.84. The maximum Gasteiger partial charge on any atom is 0.320 e. The highest BCUT2D eigenvalue weighted by Crippen LogP contribution is 2.29. The smallest absolute Gasteiger partial charge is 0.320 e. The molecule has 0 saturated carbocycles. The molecule has 7 heteroatoms. The summed E-state index contributed by atoms with van der Waals surface area (Å²) in [5.41, 5.74) is 10.2. The summed E-state index contributed by atoms with van der Waals surface area (Å²) < 4.78 is 5.04. The van der Waals surface area contributed by atoms with Crippen molar-refractivity contribution in [2.45, 2.75) is 13.8 Å². The Hall–Kier alpha value is -2.93. The molecule has 1 aromatic carbocycles. The summed E-state index contributed by atoms with van der Waals surface area (Å²) in [6.07, 6.45) is 3.12. The average molecular weight is 381 g/mol.